The van der Waals surface area contributed by atoms with Crippen molar-refractivity contribution in [2.24, 2.45) is 0 Å². The van der Waals surface area contributed by atoms with Gasteiger partial charge in [-0.1, -0.05) is 12.1 Å². The smallest absolute Gasteiger partial charge is 0.254 e. The first-order valence-corrected chi connectivity index (χ1v) is 7.45. The number of hydrogen-bond acceptors (Lipinski definition) is 3. The molecule has 5 nitrogen and oxygen atoms in total. The number of rotatable bonds is 6. The minimum absolute atomic E-state index is 0.0567. The minimum atomic E-state index is -0.308. The zero-order chi connectivity index (χ0) is 16.8. The first kappa shape index (κ1) is 18.2. The molecule has 1 N–H and O–H groups in total. The molecular weight excluding hydrogens is 280 g/mol. The lowest BCUT2D eigenvalue weighted by atomic mass is 10.1. The monoisotopic (exact) mass is 306 g/mol. The minimum Gasteiger partial charge on any atom is -0.380 e. The quantitative estimate of drug-likeness (QED) is 0.876. The molecule has 0 saturated carbocycles. The van der Waals surface area contributed by atoms with E-state index in [4.69, 9.17) is 4.74 Å². The Labute approximate surface area is 132 Å². The van der Waals surface area contributed by atoms with E-state index in [9.17, 15) is 9.59 Å². The molecule has 0 heterocycles. The highest BCUT2D eigenvalue weighted by Crippen LogP contribution is 2.10. The van der Waals surface area contributed by atoms with Gasteiger partial charge in [0.25, 0.3) is 5.91 Å². The van der Waals surface area contributed by atoms with Crippen LogP contribution in [0.5, 0.6) is 0 Å². The molecule has 1 rings (SSSR count). The van der Waals surface area contributed by atoms with Crippen molar-refractivity contribution >= 4 is 11.8 Å². The van der Waals surface area contributed by atoms with Crippen LogP contribution in [0.25, 0.3) is 0 Å². The number of amides is 2. The molecular formula is C17H26N2O3. The van der Waals surface area contributed by atoms with Crippen molar-refractivity contribution in [3.8, 4) is 0 Å². The van der Waals surface area contributed by atoms with E-state index in [2.05, 4.69) is 5.32 Å². The molecule has 5 heteroatoms. The lowest BCUT2D eigenvalue weighted by Gasteiger charge is -2.25. The highest BCUT2D eigenvalue weighted by atomic mass is 16.5. The maximum absolute atomic E-state index is 12.5. The molecule has 122 valence electrons. The predicted octanol–water partition coefficient (Wildman–Crippen LogP) is 2.21. The second-order valence-corrected chi connectivity index (χ2v) is 6.25. The molecule has 2 amide bonds. The van der Waals surface area contributed by atoms with E-state index in [1.54, 1.807) is 19.2 Å². The molecule has 0 aliphatic rings. The normalized spacial score (nSPS) is 11.1. The van der Waals surface area contributed by atoms with E-state index < -0.39 is 0 Å². The molecule has 0 unspecified atom stereocenters. The summed E-state index contributed by atoms with van der Waals surface area (Å²) in [6.07, 6.45) is 0. The first-order valence-electron chi connectivity index (χ1n) is 7.45. The van der Waals surface area contributed by atoms with Gasteiger partial charge in [-0.05, 0) is 45.4 Å². The van der Waals surface area contributed by atoms with Crippen LogP contribution in [0.1, 0.15) is 43.6 Å². The lowest BCUT2D eigenvalue weighted by molar-refractivity contribution is -0.123. The summed E-state index contributed by atoms with van der Waals surface area (Å²) in [6, 6.07) is 7.29. The molecule has 0 aromatic heterocycles. The Morgan fingerprint density at radius 2 is 1.95 bits per heavy atom. The number of carbonyl (C=O) groups excluding carboxylic acids is 2. The number of likely N-dealkylation sites (N-methyl/N-ethyl adjacent to an activating group) is 1. The van der Waals surface area contributed by atoms with Crippen molar-refractivity contribution < 1.29 is 14.3 Å². The highest BCUT2D eigenvalue weighted by Gasteiger charge is 2.20. The van der Waals surface area contributed by atoms with Crippen LogP contribution in [0.3, 0.4) is 0 Å². The third-order valence-corrected chi connectivity index (χ3v) is 3.00. The lowest BCUT2D eigenvalue weighted by Crippen LogP contribution is -2.47. The molecule has 0 radical (unpaired) electrons. The maximum atomic E-state index is 12.5. The third kappa shape index (κ3) is 5.85. The van der Waals surface area contributed by atoms with Crippen molar-refractivity contribution in [1.29, 1.82) is 0 Å². The van der Waals surface area contributed by atoms with Crippen molar-refractivity contribution in [1.82, 2.24) is 10.2 Å². The van der Waals surface area contributed by atoms with E-state index in [0.717, 1.165) is 5.56 Å². The number of carbonyl (C=O) groups is 2. The molecule has 22 heavy (non-hydrogen) atoms. The van der Waals surface area contributed by atoms with Gasteiger partial charge in [0.05, 0.1) is 13.2 Å². The number of methoxy groups -OCH3 is 1. The number of nitrogens with zero attached hydrogens (tertiary/aromatic N) is 1. The molecule has 0 saturated heterocycles. The third-order valence-electron chi connectivity index (χ3n) is 3.00. The van der Waals surface area contributed by atoms with Gasteiger partial charge in [-0.2, -0.15) is 0 Å². The van der Waals surface area contributed by atoms with Crippen LogP contribution in [0.4, 0.5) is 0 Å². The van der Waals surface area contributed by atoms with E-state index in [1.807, 2.05) is 39.8 Å². The second-order valence-electron chi connectivity index (χ2n) is 6.25. The number of hydrogen-bond donors (Lipinski definition) is 1. The van der Waals surface area contributed by atoms with Crippen molar-refractivity contribution in [3.63, 3.8) is 0 Å². The van der Waals surface area contributed by atoms with Crippen LogP contribution in [-0.2, 0) is 16.1 Å². The van der Waals surface area contributed by atoms with Crippen LogP contribution >= 0.6 is 0 Å². The van der Waals surface area contributed by atoms with Gasteiger partial charge < -0.3 is 15.0 Å². The Hall–Kier alpha value is -1.88. The van der Waals surface area contributed by atoms with E-state index in [-0.39, 0.29) is 23.9 Å². The Balaban J connectivity index is 2.80. The number of nitrogens with one attached hydrogen (secondary N) is 1. The molecule has 0 spiro atoms. The van der Waals surface area contributed by atoms with Crippen molar-refractivity contribution in [2.45, 2.75) is 39.8 Å². The topological polar surface area (TPSA) is 58.6 Å². The molecule has 0 atom stereocenters. The van der Waals surface area contributed by atoms with Crippen LogP contribution < -0.4 is 5.32 Å². The fraction of sp³-hybridized carbons (Fsp3) is 0.529. The molecule has 0 aliphatic heterocycles. The zero-order valence-corrected chi connectivity index (χ0v) is 14.1. The van der Waals surface area contributed by atoms with E-state index in [0.29, 0.717) is 18.7 Å². The Morgan fingerprint density at radius 1 is 1.27 bits per heavy atom. The summed E-state index contributed by atoms with van der Waals surface area (Å²) in [5, 5.41) is 2.87. The Bertz CT molecular complexity index is 521. The van der Waals surface area contributed by atoms with Crippen LogP contribution in [-0.4, -0.2) is 42.5 Å². The summed E-state index contributed by atoms with van der Waals surface area (Å²) in [4.78, 5) is 26.1. The molecule has 0 bridgehead atoms. The van der Waals surface area contributed by atoms with Crippen molar-refractivity contribution in [3.05, 3.63) is 35.4 Å². The average molecular weight is 306 g/mol. The standard InChI is InChI=1S/C17H26N2O3/c1-6-19(11-15(20)18-17(2,3)4)16(21)14-9-7-8-13(10-14)12-22-5/h7-10H,6,11-12H2,1-5H3,(H,18,20). The fourth-order valence-corrected chi connectivity index (χ4v) is 2.10. The van der Waals surface area contributed by atoms with Gasteiger partial charge in [-0.15, -0.1) is 0 Å². The maximum Gasteiger partial charge on any atom is 0.254 e. The highest BCUT2D eigenvalue weighted by molar-refractivity contribution is 5.96. The van der Waals surface area contributed by atoms with Crippen LogP contribution in [0.2, 0.25) is 0 Å². The first-order chi connectivity index (χ1) is 10.3. The van der Waals surface area contributed by atoms with Gasteiger partial charge in [0, 0.05) is 24.8 Å². The molecule has 1 aromatic rings. The van der Waals surface area contributed by atoms with Gasteiger partial charge in [0.2, 0.25) is 5.91 Å². The Morgan fingerprint density at radius 3 is 2.50 bits per heavy atom. The van der Waals surface area contributed by atoms with E-state index >= 15 is 0 Å². The van der Waals surface area contributed by atoms with Gasteiger partial charge in [0.1, 0.15) is 0 Å². The van der Waals surface area contributed by atoms with Crippen LogP contribution in [0, 0.1) is 0 Å². The summed E-state index contributed by atoms with van der Waals surface area (Å²) in [5.74, 6) is -0.305. The van der Waals surface area contributed by atoms with Gasteiger partial charge >= 0.3 is 0 Å². The summed E-state index contributed by atoms with van der Waals surface area (Å²) < 4.78 is 5.08. The SMILES string of the molecule is CCN(CC(=O)NC(C)(C)C)C(=O)c1cccc(COC)c1. The molecule has 1 aromatic carbocycles. The summed E-state index contributed by atoms with van der Waals surface area (Å²) in [6.45, 7) is 8.59. The van der Waals surface area contributed by atoms with Gasteiger partial charge in [-0.3, -0.25) is 9.59 Å². The second kappa shape index (κ2) is 7.94. The Kier molecular flexibility index (Phi) is 6.56. The van der Waals surface area contributed by atoms with Gasteiger partial charge in [0.15, 0.2) is 0 Å². The fourth-order valence-electron chi connectivity index (χ4n) is 2.10. The predicted molar refractivity (Wildman–Crippen MR) is 86.6 cm³/mol. The van der Waals surface area contributed by atoms with E-state index in [1.165, 1.54) is 4.90 Å². The zero-order valence-electron chi connectivity index (χ0n) is 14.1. The summed E-state index contributed by atoms with van der Waals surface area (Å²) >= 11 is 0. The van der Waals surface area contributed by atoms with Crippen molar-refractivity contribution in [2.75, 3.05) is 20.2 Å². The number of benzene rings is 1. The largest absolute Gasteiger partial charge is 0.380 e. The van der Waals surface area contributed by atoms with Gasteiger partial charge in [-0.25, -0.2) is 0 Å². The molecule has 0 fully saturated rings. The molecule has 0 aliphatic carbocycles. The average Bonchev–Trinajstić information content (AvgIpc) is 2.43. The summed E-state index contributed by atoms with van der Waals surface area (Å²) in [7, 11) is 1.61. The van der Waals surface area contributed by atoms with Crippen LogP contribution in [0.15, 0.2) is 24.3 Å². The summed E-state index contributed by atoms with van der Waals surface area (Å²) in [5.41, 5.74) is 1.20. The number of ether oxygens (including phenoxy) is 1.